The van der Waals surface area contributed by atoms with E-state index >= 15 is 0 Å². The number of nitrogens with one attached hydrogen (secondary N) is 4. The number of para-hydroxylation sites is 2. The number of hydrogen-bond acceptors (Lipinski definition) is 20. The van der Waals surface area contributed by atoms with Crippen LogP contribution in [0, 0.1) is 0 Å². The first-order valence-electron chi connectivity index (χ1n) is 22.7. The third-order valence-corrected chi connectivity index (χ3v) is 16.0. The lowest BCUT2D eigenvalue weighted by atomic mass is 10.1. The number of carbonyl (C=O) groups is 10. The number of amides is 8. The van der Waals surface area contributed by atoms with E-state index in [0.717, 1.165) is 64.7 Å². The molecule has 2 aliphatic rings. The molecule has 4 aromatic rings. The minimum Gasteiger partial charge on any atom is -0.505 e. The van der Waals surface area contributed by atoms with E-state index in [4.69, 9.17) is 9.47 Å². The van der Waals surface area contributed by atoms with Crippen LogP contribution < -0.4 is 21.3 Å². The molecule has 2 aromatic heterocycles. The van der Waals surface area contributed by atoms with Crippen LogP contribution in [-0.4, -0.2) is 219 Å². The van der Waals surface area contributed by atoms with Crippen LogP contribution in [0.5, 0.6) is 11.5 Å². The molecule has 0 saturated carbocycles. The Kier molecular flexibility index (Phi) is 19.8. The zero-order valence-electron chi connectivity index (χ0n) is 41.3. The molecule has 28 heteroatoms. The van der Waals surface area contributed by atoms with Crippen molar-refractivity contribution in [1.29, 1.82) is 0 Å². The number of carbonyl (C=O) groups excluding carboxylic acids is 10. The lowest BCUT2D eigenvalue weighted by Gasteiger charge is -2.35. The first-order chi connectivity index (χ1) is 35.7. The van der Waals surface area contributed by atoms with E-state index in [2.05, 4.69) is 31.2 Å². The fourth-order valence-electron chi connectivity index (χ4n) is 7.51. The van der Waals surface area contributed by atoms with E-state index in [1.54, 1.807) is 61.0 Å². The number of cyclic esters (lactones) is 2. The number of nitrogens with zero attached hydrogens (tertiary/aromatic N) is 6. The summed E-state index contributed by atoms with van der Waals surface area (Å²) in [5.74, 6) is -11.1. The molecule has 400 valence electrons. The molecule has 6 N–H and O–H groups in total. The fourth-order valence-corrected chi connectivity index (χ4v) is 11.7. The van der Waals surface area contributed by atoms with E-state index in [1.807, 2.05) is 0 Å². The number of aromatic hydroxyl groups is 2. The molecule has 2 saturated heterocycles. The standard InChI is InChI=1S/C47H54N10O14S4/c1-54-30-23-74-75-45(44(67)56(3)32(22-73-6)47(69)71-20-28(39(62)48-17-35(54)60)52-41(64)37-33(58)15-24-11-7-9-13-26(24)50-37)57(4)36(61)18-49-40(63)29(19-70-46(68)31(21-72-5)55(2)43(30)66)53-42(65)38-34(59)16-25-12-8-10-14-27(25)51-38/h7-16,28-32,45,58-59H,17-23H2,1-6H3,(H,48,62)(H,49,63)(H,52,64)(H,53,65)/t28-,29-,30+,31+,32+,45+/m1/s1. The molecule has 24 nitrogen and oxygen atoms in total. The van der Waals surface area contributed by atoms with Crippen LogP contribution in [0.2, 0.25) is 0 Å². The maximum atomic E-state index is 14.7. The molecule has 0 aliphatic carbocycles. The van der Waals surface area contributed by atoms with Crippen molar-refractivity contribution in [3.8, 4) is 11.5 Å². The van der Waals surface area contributed by atoms with Gasteiger partial charge >= 0.3 is 11.9 Å². The average molecular weight is 1110 g/mol. The van der Waals surface area contributed by atoms with Crippen LogP contribution in [0.3, 0.4) is 0 Å². The van der Waals surface area contributed by atoms with Crippen LogP contribution in [0.15, 0.2) is 60.7 Å². The Morgan fingerprint density at radius 2 is 1.08 bits per heavy atom. The van der Waals surface area contributed by atoms with Crippen LogP contribution >= 0.6 is 45.1 Å². The first kappa shape index (κ1) is 57.2. The molecule has 6 rings (SSSR count). The van der Waals surface area contributed by atoms with Crippen LogP contribution in [0.25, 0.3) is 21.8 Å². The Hall–Kier alpha value is -7.04. The Balaban J connectivity index is 1.36. The number of pyridine rings is 2. The zero-order valence-corrected chi connectivity index (χ0v) is 44.6. The van der Waals surface area contributed by atoms with E-state index in [0.29, 0.717) is 21.8 Å². The summed E-state index contributed by atoms with van der Waals surface area (Å²) in [6.45, 7) is -3.28. The molecule has 2 bridgehead atoms. The normalized spacial score (nSPS) is 22.6. The number of benzene rings is 2. The molecular formula is C47H54N10O14S4. The Morgan fingerprint density at radius 3 is 1.53 bits per heavy atom. The monoisotopic (exact) mass is 1110 g/mol. The molecule has 2 aliphatic heterocycles. The van der Waals surface area contributed by atoms with Crippen molar-refractivity contribution in [3.05, 3.63) is 72.1 Å². The van der Waals surface area contributed by atoms with Gasteiger partial charge in [0, 0.05) is 56.2 Å². The summed E-state index contributed by atoms with van der Waals surface area (Å²) in [6, 6.07) is 8.14. The molecule has 2 fully saturated rings. The van der Waals surface area contributed by atoms with Crippen LogP contribution in [0.4, 0.5) is 0 Å². The number of hydrogen-bond donors (Lipinski definition) is 6. The van der Waals surface area contributed by atoms with Gasteiger partial charge in [0.25, 0.3) is 17.7 Å². The number of rotatable bonds is 8. The largest absolute Gasteiger partial charge is 0.505 e. The molecule has 0 spiro atoms. The van der Waals surface area contributed by atoms with Gasteiger partial charge in [-0.1, -0.05) is 58.0 Å². The SMILES string of the molecule is CSC[C@H]1C(=O)OC[C@@H](NC(=O)c2nc3ccccc3cc2O)C(=O)NCC(=O)N(C)[C@H]2SSC[C@@H](C(=O)N1C)N(C)C(=O)CNC(=O)[C@H](NC(=O)c1nc3ccccc3cc1O)COC(=O)[C@H](CSC)N(C)C2=O. The first-order valence-corrected chi connectivity index (χ1v) is 27.9. The van der Waals surface area contributed by atoms with Gasteiger partial charge in [-0.25, -0.2) is 19.6 Å². The second-order valence-electron chi connectivity index (χ2n) is 16.9. The van der Waals surface area contributed by atoms with Crippen molar-refractivity contribution in [1.82, 2.24) is 50.8 Å². The maximum Gasteiger partial charge on any atom is 0.329 e. The lowest BCUT2D eigenvalue weighted by Crippen LogP contribution is -2.57. The number of fused-ring (bicyclic) bond motifs is 6. The summed E-state index contributed by atoms with van der Waals surface area (Å²) >= 11 is 2.30. The predicted molar refractivity (Wildman–Crippen MR) is 280 cm³/mol. The summed E-state index contributed by atoms with van der Waals surface area (Å²) in [6.07, 6.45) is 3.29. The minimum atomic E-state index is -1.73. The maximum absolute atomic E-state index is 14.7. The van der Waals surface area contributed by atoms with Gasteiger partial charge in [-0.2, -0.15) is 23.5 Å². The van der Waals surface area contributed by atoms with Gasteiger partial charge in [-0.3, -0.25) is 38.4 Å². The van der Waals surface area contributed by atoms with Crippen molar-refractivity contribution in [3.63, 3.8) is 0 Å². The van der Waals surface area contributed by atoms with Gasteiger partial charge in [-0.05, 0) is 36.8 Å². The molecule has 75 heavy (non-hydrogen) atoms. The Labute approximate surface area is 445 Å². The number of aromatic nitrogens is 2. The third-order valence-electron chi connectivity index (χ3n) is 12.0. The van der Waals surface area contributed by atoms with Crippen molar-refractivity contribution in [2.75, 3.05) is 84.3 Å². The van der Waals surface area contributed by atoms with Crippen molar-refractivity contribution in [2.45, 2.75) is 35.6 Å². The number of thioether (sulfide) groups is 2. The Morgan fingerprint density at radius 1 is 0.653 bits per heavy atom. The summed E-state index contributed by atoms with van der Waals surface area (Å²) in [4.78, 5) is 153. The van der Waals surface area contributed by atoms with Crippen molar-refractivity contribution >= 4 is 126 Å². The summed E-state index contributed by atoms with van der Waals surface area (Å²) in [5, 5.41) is 30.6. The highest BCUT2D eigenvalue weighted by Crippen LogP contribution is 2.33. The number of esters is 2. The Bertz CT molecular complexity index is 2690. The molecular weight excluding hydrogens is 1060 g/mol. The van der Waals surface area contributed by atoms with Crippen LogP contribution in [-0.2, 0) is 47.8 Å². The topological polar surface area (TPSA) is 316 Å². The van der Waals surface area contributed by atoms with Gasteiger partial charge < -0.3 is 60.6 Å². The van der Waals surface area contributed by atoms with Gasteiger partial charge in [0.15, 0.2) is 16.8 Å². The molecule has 0 radical (unpaired) electrons. The summed E-state index contributed by atoms with van der Waals surface area (Å²) in [7, 11) is 6.74. The predicted octanol–water partition coefficient (Wildman–Crippen LogP) is -0.190. The highest BCUT2D eigenvalue weighted by atomic mass is 33.1. The highest BCUT2D eigenvalue weighted by molar-refractivity contribution is 8.77. The average Bonchev–Trinajstić information content (AvgIpc) is 3.40. The second-order valence-corrected chi connectivity index (χ2v) is 21.3. The highest BCUT2D eigenvalue weighted by Gasteiger charge is 2.41. The summed E-state index contributed by atoms with van der Waals surface area (Å²) < 4.78 is 11.2. The summed E-state index contributed by atoms with van der Waals surface area (Å²) in [5.41, 5.74) is -0.279. The molecule has 6 atom stereocenters. The molecule has 4 heterocycles. The quantitative estimate of drug-likeness (QED) is 0.0984. The zero-order chi connectivity index (χ0) is 54.7. The number of likely N-dealkylation sites (N-methyl/N-ethyl adjacent to an activating group) is 4. The molecule has 2 aromatic carbocycles. The molecule has 8 amide bonds. The van der Waals surface area contributed by atoms with E-state index < -0.39 is 144 Å². The van der Waals surface area contributed by atoms with Gasteiger partial charge in [0.2, 0.25) is 29.5 Å². The van der Waals surface area contributed by atoms with E-state index in [9.17, 15) is 58.2 Å². The molecule has 0 unspecified atom stereocenters. The van der Waals surface area contributed by atoms with Gasteiger partial charge in [0.1, 0.15) is 54.9 Å². The van der Waals surface area contributed by atoms with Crippen molar-refractivity contribution in [2.24, 2.45) is 0 Å². The third kappa shape index (κ3) is 13.8. The minimum absolute atomic E-state index is 0.0681. The van der Waals surface area contributed by atoms with Gasteiger partial charge in [0.05, 0.1) is 24.1 Å². The fraction of sp³-hybridized carbons (Fsp3) is 0.404. The van der Waals surface area contributed by atoms with Crippen LogP contribution in [0.1, 0.15) is 21.0 Å². The second kappa shape index (κ2) is 25.9. The number of ether oxygens (including phenoxy) is 2. The van der Waals surface area contributed by atoms with Gasteiger partial charge in [-0.15, -0.1) is 0 Å². The van der Waals surface area contributed by atoms with E-state index in [-0.39, 0.29) is 17.3 Å². The lowest BCUT2D eigenvalue weighted by molar-refractivity contribution is -0.156. The van der Waals surface area contributed by atoms with Crippen molar-refractivity contribution < 1.29 is 67.6 Å². The van der Waals surface area contributed by atoms with E-state index in [1.165, 1.54) is 40.3 Å². The smallest absolute Gasteiger partial charge is 0.329 e.